The van der Waals surface area contributed by atoms with Crippen molar-refractivity contribution in [1.29, 1.82) is 0 Å². The van der Waals surface area contributed by atoms with Crippen LogP contribution in [-0.4, -0.2) is 22.7 Å². The fourth-order valence-electron chi connectivity index (χ4n) is 3.36. The van der Waals surface area contributed by atoms with Crippen LogP contribution in [-0.2, 0) is 0 Å². The first-order valence-corrected chi connectivity index (χ1v) is 8.17. The van der Waals surface area contributed by atoms with Gasteiger partial charge in [0, 0.05) is 17.9 Å². The van der Waals surface area contributed by atoms with Crippen LogP contribution in [0.4, 0.5) is 0 Å². The number of rotatable bonds is 5. The fourth-order valence-corrected chi connectivity index (χ4v) is 3.36. The van der Waals surface area contributed by atoms with E-state index >= 15 is 0 Å². The molecule has 1 unspecified atom stereocenters. The third-order valence-electron chi connectivity index (χ3n) is 5.04. The molecule has 20 heavy (non-hydrogen) atoms. The first-order valence-electron chi connectivity index (χ1n) is 8.17. The molecule has 1 N–H and O–H groups in total. The molecule has 0 amide bonds. The van der Waals surface area contributed by atoms with Crippen molar-refractivity contribution in [3.8, 4) is 0 Å². The molecule has 4 heteroatoms. The minimum absolute atomic E-state index is 0.378. The van der Waals surface area contributed by atoms with Gasteiger partial charge in [0.15, 0.2) is 5.82 Å². The number of aromatic nitrogens is 2. The Labute approximate surface area is 121 Å². The van der Waals surface area contributed by atoms with Crippen LogP contribution in [0.3, 0.4) is 0 Å². The van der Waals surface area contributed by atoms with Gasteiger partial charge in [-0.3, -0.25) is 0 Å². The van der Waals surface area contributed by atoms with Gasteiger partial charge in [-0.1, -0.05) is 25.9 Å². The van der Waals surface area contributed by atoms with Crippen molar-refractivity contribution in [3.05, 3.63) is 11.7 Å². The Balaban J connectivity index is 1.53. The molecule has 0 radical (unpaired) electrons. The highest BCUT2D eigenvalue weighted by atomic mass is 16.5. The van der Waals surface area contributed by atoms with Crippen molar-refractivity contribution in [3.63, 3.8) is 0 Å². The molecule has 0 spiro atoms. The summed E-state index contributed by atoms with van der Waals surface area (Å²) in [5.74, 6) is 2.83. The lowest BCUT2D eigenvalue weighted by molar-refractivity contribution is 0.282. The molecule has 2 saturated carbocycles. The zero-order valence-electron chi connectivity index (χ0n) is 13.0. The minimum Gasteiger partial charge on any atom is -0.339 e. The lowest BCUT2D eigenvalue weighted by Gasteiger charge is -2.27. The smallest absolute Gasteiger partial charge is 0.229 e. The average molecular weight is 277 g/mol. The Bertz CT molecular complexity index is 446. The molecule has 1 atom stereocenters. The highest BCUT2D eigenvalue weighted by Crippen LogP contribution is 2.57. The molecule has 2 fully saturated rings. The zero-order valence-corrected chi connectivity index (χ0v) is 13.0. The van der Waals surface area contributed by atoms with Gasteiger partial charge in [-0.15, -0.1) is 0 Å². The molecule has 0 aromatic carbocycles. The third kappa shape index (κ3) is 2.90. The van der Waals surface area contributed by atoms with Gasteiger partial charge in [0.05, 0.1) is 0 Å². The van der Waals surface area contributed by atoms with E-state index in [0.717, 1.165) is 18.3 Å². The van der Waals surface area contributed by atoms with Crippen LogP contribution in [0.2, 0.25) is 0 Å². The van der Waals surface area contributed by atoms with E-state index in [4.69, 9.17) is 4.52 Å². The topological polar surface area (TPSA) is 51.0 Å². The molecule has 1 aromatic rings. The summed E-state index contributed by atoms with van der Waals surface area (Å²) in [5, 5.41) is 7.84. The highest BCUT2D eigenvalue weighted by molar-refractivity contribution is 5.15. The summed E-state index contributed by atoms with van der Waals surface area (Å²) in [6.45, 7) is 7.91. The Kier molecular flexibility index (Phi) is 3.85. The molecule has 2 aliphatic rings. The van der Waals surface area contributed by atoms with E-state index in [2.05, 4.69) is 36.2 Å². The molecule has 0 bridgehead atoms. The second kappa shape index (κ2) is 5.47. The number of nitrogens with zero attached hydrogens (tertiary/aromatic N) is 2. The number of hydrogen-bond donors (Lipinski definition) is 1. The average Bonchev–Trinajstić information content (AvgIpc) is 2.89. The first-order chi connectivity index (χ1) is 9.60. The lowest BCUT2D eigenvalue weighted by Crippen LogP contribution is -2.33. The summed E-state index contributed by atoms with van der Waals surface area (Å²) < 4.78 is 5.53. The Morgan fingerprint density at radius 3 is 2.55 bits per heavy atom. The van der Waals surface area contributed by atoms with Gasteiger partial charge >= 0.3 is 0 Å². The normalized spacial score (nSPS) is 32.2. The third-order valence-corrected chi connectivity index (χ3v) is 5.04. The van der Waals surface area contributed by atoms with E-state index in [1.807, 2.05) is 0 Å². The summed E-state index contributed by atoms with van der Waals surface area (Å²) in [6.07, 6.45) is 7.23. The van der Waals surface area contributed by atoms with Crippen molar-refractivity contribution in [1.82, 2.24) is 15.5 Å². The Hall–Kier alpha value is -0.900. The summed E-state index contributed by atoms with van der Waals surface area (Å²) in [5.41, 5.74) is 0.378. The summed E-state index contributed by atoms with van der Waals surface area (Å²) >= 11 is 0. The van der Waals surface area contributed by atoms with Crippen molar-refractivity contribution in [2.24, 2.45) is 5.41 Å². The van der Waals surface area contributed by atoms with Gasteiger partial charge in [-0.05, 0) is 50.5 Å². The van der Waals surface area contributed by atoms with E-state index in [1.54, 1.807) is 0 Å². The van der Waals surface area contributed by atoms with Gasteiger partial charge < -0.3 is 9.84 Å². The fraction of sp³-hybridized carbons (Fsp3) is 0.875. The SMILES string of the molecule is CCCNC1CCC(c2nc(C3CC3(C)C)no2)CC1. The lowest BCUT2D eigenvalue weighted by atomic mass is 9.86. The van der Waals surface area contributed by atoms with E-state index in [-0.39, 0.29) is 0 Å². The van der Waals surface area contributed by atoms with Crippen LogP contribution in [0.15, 0.2) is 4.52 Å². The number of nitrogens with one attached hydrogen (secondary N) is 1. The predicted molar refractivity (Wildman–Crippen MR) is 78.7 cm³/mol. The van der Waals surface area contributed by atoms with Crippen molar-refractivity contribution in [2.75, 3.05) is 6.54 Å². The largest absolute Gasteiger partial charge is 0.339 e. The predicted octanol–water partition coefficient (Wildman–Crippen LogP) is 3.61. The van der Waals surface area contributed by atoms with Crippen LogP contribution in [0.25, 0.3) is 0 Å². The van der Waals surface area contributed by atoms with Gasteiger partial charge in [-0.25, -0.2) is 0 Å². The van der Waals surface area contributed by atoms with Crippen LogP contribution in [0.5, 0.6) is 0 Å². The van der Waals surface area contributed by atoms with Crippen LogP contribution >= 0.6 is 0 Å². The van der Waals surface area contributed by atoms with E-state index in [0.29, 0.717) is 23.3 Å². The zero-order chi connectivity index (χ0) is 14.2. The van der Waals surface area contributed by atoms with E-state index in [1.165, 1.54) is 38.5 Å². The van der Waals surface area contributed by atoms with Gasteiger partial charge in [0.1, 0.15) is 0 Å². The van der Waals surface area contributed by atoms with Crippen LogP contribution in [0, 0.1) is 5.41 Å². The minimum atomic E-state index is 0.378. The van der Waals surface area contributed by atoms with Gasteiger partial charge in [0.2, 0.25) is 5.89 Å². The summed E-state index contributed by atoms with van der Waals surface area (Å²) in [4.78, 5) is 4.68. The maximum absolute atomic E-state index is 5.53. The molecule has 0 aliphatic heterocycles. The molecule has 0 saturated heterocycles. The molecule has 3 rings (SSSR count). The monoisotopic (exact) mass is 277 g/mol. The van der Waals surface area contributed by atoms with E-state index < -0.39 is 0 Å². The van der Waals surface area contributed by atoms with Crippen molar-refractivity contribution in [2.45, 2.75) is 77.2 Å². The summed E-state index contributed by atoms with van der Waals surface area (Å²) in [6, 6.07) is 0.691. The van der Waals surface area contributed by atoms with Gasteiger partial charge in [0.25, 0.3) is 0 Å². The Morgan fingerprint density at radius 1 is 1.25 bits per heavy atom. The molecular formula is C16H27N3O. The molecule has 1 aromatic heterocycles. The molecule has 1 heterocycles. The second-order valence-electron chi connectivity index (χ2n) is 7.24. The molecular weight excluding hydrogens is 250 g/mol. The van der Waals surface area contributed by atoms with Gasteiger partial charge in [-0.2, -0.15) is 4.98 Å². The molecule has 2 aliphatic carbocycles. The maximum atomic E-state index is 5.53. The van der Waals surface area contributed by atoms with Crippen molar-refractivity contribution < 1.29 is 4.52 Å². The number of hydrogen-bond acceptors (Lipinski definition) is 4. The first kappa shape index (κ1) is 14.1. The van der Waals surface area contributed by atoms with Crippen molar-refractivity contribution >= 4 is 0 Å². The Morgan fingerprint density at radius 2 is 1.95 bits per heavy atom. The summed E-state index contributed by atoms with van der Waals surface area (Å²) in [7, 11) is 0. The standard InChI is InChI=1S/C16H27N3O/c1-4-9-17-12-7-5-11(6-8-12)15-18-14(19-20-15)13-10-16(13,2)3/h11-13,17H,4-10H2,1-3H3. The second-order valence-corrected chi connectivity index (χ2v) is 7.24. The highest BCUT2D eigenvalue weighted by Gasteiger charge is 2.49. The van der Waals surface area contributed by atoms with E-state index in [9.17, 15) is 0 Å². The van der Waals surface area contributed by atoms with Crippen LogP contribution < -0.4 is 5.32 Å². The quantitative estimate of drug-likeness (QED) is 0.893. The van der Waals surface area contributed by atoms with Crippen LogP contribution in [0.1, 0.15) is 82.8 Å². The maximum Gasteiger partial charge on any atom is 0.229 e. The molecule has 4 nitrogen and oxygen atoms in total. The molecule has 112 valence electrons.